The van der Waals surface area contributed by atoms with Gasteiger partial charge in [-0.1, -0.05) is 48.6 Å². The summed E-state index contributed by atoms with van der Waals surface area (Å²) in [4.78, 5) is 43.9. The van der Waals surface area contributed by atoms with Gasteiger partial charge in [-0.05, 0) is 48.0 Å². The van der Waals surface area contributed by atoms with Crippen molar-refractivity contribution in [2.75, 3.05) is 15.1 Å². The molecule has 3 aliphatic rings. The lowest BCUT2D eigenvalue weighted by molar-refractivity contribution is -0.126. The normalized spacial score (nSPS) is 24.6. The Kier molecular flexibility index (Phi) is 4.58. The van der Waals surface area contributed by atoms with E-state index in [2.05, 4.69) is 5.32 Å². The van der Waals surface area contributed by atoms with Crippen molar-refractivity contribution in [2.45, 2.75) is 12.1 Å². The molecule has 3 aliphatic heterocycles. The Morgan fingerprint density at radius 1 is 0.824 bits per heavy atom. The molecule has 0 spiro atoms. The van der Waals surface area contributed by atoms with Crippen LogP contribution in [0.25, 0.3) is 6.08 Å². The largest absolute Gasteiger partial charge is 0.351 e. The molecule has 7 heteroatoms. The number of anilines is 3. The topological polar surface area (TPSA) is 69.7 Å². The summed E-state index contributed by atoms with van der Waals surface area (Å²) in [6.07, 6.45) is 3.83. The highest BCUT2D eigenvalue weighted by Gasteiger charge is 2.64. The first-order chi connectivity index (χ1) is 16.5. The smallest absolute Gasteiger partial charge is 0.247 e. The molecule has 1 N–H and O–H groups in total. The molecular weight excluding hydrogens is 433 g/mol. The van der Waals surface area contributed by atoms with E-state index in [1.807, 2.05) is 59.5 Å². The number of fused-ring (bicyclic) bond motifs is 5. The van der Waals surface area contributed by atoms with Crippen LogP contribution in [-0.4, -0.2) is 29.8 Å². The fourth-order valence-corrected chi connectivity index (χ4v) is 5.40. The van der Waals surface area contributed by atoms with Gasteiger partial charge < -0.3 is 10.2 Å². The predicted octanol–water partition coefficient (Wildman–Crippen LogP) is 3.85. The minimum absolute atomic E-state index is 0.305. The number of amides is 3. The van der Waals surface area contributed by atoms with E-state index in [4.69, 9.17) is 0 Å². The first kappa shape index (κ1) is 20.4. The first-order valence-electron chi connectivity index (χ1n) is 11.1. The molecule has 0 aliphatic carbocycles. The molecule has 2 fully saturated rings. The number of halogens is 1. The number of benzene rings is 3. The second-order valence-corrected chi connectivity index (χ2v) is 8.66. The van der Waals surface area contributed by atoms with Gasteiger partial charge in [-0.3, -0.25) is 14.4 Å². The summed E-state index contributed by atoms with van der Waals surface area (Å²) in [5.41, 5.74) is 2.65. The van der Waals surface area contributed by atoms with Crippen LogP contribution in [0.4, 0.5) is 21.5 Å². The molecule has 0 bridgehead atoms. The van der Waals surface area contributed by atoms with Crippen molar-refractivity contribution in [1.82, 2.24) is 0 Å². The molecule has 3 aromatic rings. The molecule has 2 saturated heterocycles. The standard InChI is InChI=1S/C27H20FN3O3/c28-17-11-13-19(14-12-17)30-26(33)22-21-15-10-16-6-4-5-9-20(16)31(21)24(23(22)27(30)34)25(32)29-18-7-2-1-3-8-18/h1-15,21-24H,(H,29,32)/t21-,22-,23-,24+/m0/s1. The Hall–Kier alpha value is -4.26. The Balaban J connectivity index is 1.44. The molecule has 3 aromatic carbocycles. The number of carbonyl (C=O) groups excluding carboxylic acids is 3. The number of hydrogen-bond acceptors (Lipinski definition) is 4. The highest BCUT2D eigenvalue weighted by atomic mass is 19.1. The number of para-hydroxylation sites is 2. The van der Waals surface area contributed by atoms with Crippen LogP contribution < -0.4 is 15.1 Å². The van der Waals surface area contributed by atoms with E-state index in [0.717, 1.165) is 16.2 Å². The minimum Gasteiger partial charge on any atom is -0.351 e. The lowest BCUT2D eigenvalue weighted by Crippen LogP contribution is -2.50. The zero-order valence-corrected chi connectivity index (χ0v) is 18.0. The molecule has 0 radical (unpaired) electrons. The second-order valence-electron chi connectivity index (χ2n) is 8.66. The summed E-state index contributed by atoms with van der Waals surface area (Å²) in [5.74, 6) is -3.24. The van der Waals surface area contributed by atoms with Crippen LogP contribution in [0.3, 0.4) is 0 Å². The van der Waals surface area contributed by atoms with Gasteiger partial charge in [-0.25, -0.2) is 9.29 Å². The third-order valence-electron chi connectivity index (χ3n) is 6.81. The third kappa shape index (κ3) is 2.97. The minimum atomic E-state index is -0.886. The lowest BCUT2D eigenvalue weighted by atomic mass is 9.88. The third-order valence-corrected chi connectivity index (χ3v) is 6.81. The van der Waals surface area contributed by atoms with Gasteiger partial charge in [0.2, 0.25) is 17.7 Å². The van der Waals surface area contributed by atoms with Gasteiger partial charge in [0.05, 0.1) is 23.6 Å². The SMILES string of the molecule is O=C(Nc1ccccc1)[C@H]1[C@H]2C(=O)N(c3ccc(F)cc3)C(=O)[C@H]2[C@@H]2C=Cc3ccccc3N21. The fraction of sp³-hybridized carbons (Fsp3) is 0.148. The molecule has 6 nitrogen and oxygen atoms in total. The fourth-order valence-electron chi connectivity index (χ4n) is 5.40. The summed E-state index contributed by atoms with van der Waals surface area (Å²) >= 11 is 0. The zero-order chi connectivity index (χ0) is 23.4. The summed E-state index contributed by atoms with van der Waals surface area (Å²) < 4.78 is 13.5. The number of imide groups is 1. The van der Waals surface area contributed by atoms with Gasteiger partial charge in [-0.15, -0.1) is 0 Å². The van der Waals surface area contributed by atoms with E-state index in [-0.39, 0.29) is 11.8 Å². The maximum Gasteiger partial charge on any atom is 0.247 e. The molecule has 0 aromatic heterocycles. The molecule has 3 amide bonds. The van der Waals surface area contributed by atoms with Crippen molar-refractivity contribution in [3.05, 3.63) is 96.3 Å². The van der Waals surface area contributed by atoms with Crippen LogP contribution in [-0.2, 0) is 14.4 Å². The highest BCUT2D eigenvalue weighted by molar-refractivity contribution is 6.25. The van der Waals surface area contributed by atoms with Crippen LogP contribution >= 0.6 is 0 Å². The molecular formula is C27H20FN3O3. The molecule has 0 unspecified atom stereocenters. The van der Waals surface area contributed by atoms with Gasteiger partial charge in [0.1, 0.15) is 11.9 Å². The van der Waals surface area contributed by atoms with Crippen molar-refractivity contribution in [1.29, 1.82) is 0 Å². The number of rotatable bonds is 3. The monoisotopic (exact) mass is 453 g/mol. The summed E-state index contributed by atoms with van der Waals surface area (Å²) in [7, 11) is 0. The van der Waals surface area contributed by atoms with Crippen LogP contribution in [0.15, 0.2) is 84.9 Å². The van der Waals surface area contributed by atoms with E-state index >= 15 is 0 Å². The maximum absolute atomic E-state index is 13.7. The van der Waals surface area contributed by atoms with Gasteiger partial charge in [0, 0.05) is 11.4 Å². The van der Waals surface area contributed by atoms with Crippen LogP contribution in [0.2, 0.25) is 0 Å². The predicted molar refractivity (Wildman–Crippen MR) is 126 cm³/mol. The number of hydrogen-bond donors (Lipinski definition) is 1. The number of carbonyl (C=O) groups is 3. The molecule has 4 atom stereocenters. The van der Waals surface area contributed by atoms with Crippen molar-refractivity contribution in [3.8, 4) is 0 Å². The van der Waals surface area contributed by atoms with E-state index in [0.29, 0.717) is 11.4 Å². The number of nitrogens with zero attached hydrogens (tertiary/aromatic N) is 2. The summed E-state index contributed by atoms with van der Waals surface area (Å²) in [6.45, 7) is 0. The van der Waals surface area contributed by atoms with Crippen molar-refractivity contribution < 1.29 is 18.8 Å². The first-order valence-corrected chi connectivity index (χ1v) is 11.1. The zero-order valence-electron chi connectivity index (χ0n) is 18.0. The second kappa shape index (κ2) is 7.66. The summed E-state index contributed by atoms with van der Waals surface area (Å²) in [5, 5.41) is 2.92. The highest BCUT2D eigenvalue weighted by Crippen LogP contribution is 2.49. The van der Waals surface area contributed by atoms with Gasteiger partial charge >= 0.3 is 0 Å². The van der Waals surface area contributed by atoms with E-state index < -0.39 is 35.6 Å². The van der Waals surface area contributed by atoms with E-state index in [1.54, 1.807) is 12.1 Å². The van der Waals surface area contributed by atoms with Crippen molar-refractivity contribution in [3.63, 3.8) is 0 Å². The lowest BCUT2D eigenvalue weighted by Gasteiger charge is -2.36. The van der Waals surface area contributed by atoms with Gasteiger partial charge in [-0.2, -0.15) is 0 Å². The molecule has 0 saturated carbocycles. The van der Waals surface area contributed by atoms with E-state index in [9.17, 15) is 18.8 Å². The molecule has 34 heavy (non-hydrogen) atoms. The molecule has 3 heterocycles. The van der Waals surface area contributed by atoms with Gasteiger partial charge in [0.15, 0.2) is 0 Å². The molecule has 168 valence electrons. The van der Waals surface area contributed by atoms with Crippen LogP contribution in [0.1, 0.15) is 5.56 Å². The van der Waals surface area contributed by atoms with E-state index in [1.165, 1.54) is 24.3 Å². The van der Waals surface area contributed by atoms with Crippen LogP contribution in [0, 0.1) is 17.7 Å². The summed E-state index contributed by atoms with van der Waals surface area (Å²) in [6, 6.07) is 20.6. The van der Waals surface area contributed by atoms with Gasteiger partial charge in [0.25, 0.3) is 0 Å². The average molecular weight is 453 g/mol. The number of nitrogens with one attached hydrogen (secondary N) is 1. The van der Waals surface area contributed by atoms with Crippen molar-refractivity contribution >= 4 is 40.9 Å². The van der Waals surface area contributed by atoms with Crippen LogP contribution in [0.5, 0.6) is 0 Å². The Morgan fingerprint density at radius 3 is 2.26 bits per heavy atom. The van der Waals surface area contributed by atoms with Crippen molar-refractivity contribution in [2.24, 2.45) is 11.8 Å². The Morgan fingerprint density at radius 2 is 1.50 bits per heavy atom. The Labute approximate surface area is 195 Å². The average Bonchev–Trinajstić information content (AvgIpc) is 3.33. The maximum atomic E-state index is 13.7. The molecule has 6 rings (SSSR count). The Bertz CT molecular complexity index is 1340. The quantitative estimate of drug-likeness (QED) is 0.612.